The van der Waals surface area contributed by atoms with Crippen LogP contribution in [-0.2, 0) is 22.1 Å². The molecule has 41 heavy (non-hydrogen) atoms. The number of ketones is 1. The number of fused-ring (bicyclic) bond motifs is 3. The quantitative estimate of drug-likeness (QED) is 0.289. The molecule has 0 amide bonds. The summed E-state index contributed by atoms with van der Waals surface area (Å²) < 4.78 is 49.9. The molecular formula is C32H34O8S. The molecule has 1 unspecified atom stereocenters. The fourth-order valence-corrected chi connectivity index (χ4v) is 6.97. The lowest BCUT2D eigenvalue weighted by molar-refractivity contribution is -0.00740. The van der Waals surface area contributed by atoms with E-state index in [1.54, 1.807) is 38.1 Å². The molecule has 0 aliphatic carbocycles. The zero-order valence-electron chi connectivity index (χ0n) is 23.9. The van der Waals surface area contributed by atoms with E-state index in [1.807, 2.05) is 20.8 Å². The third kappa shape index (κ3) is 5.20. The topological polar surface area (TPSA) is 108 Å². The second kappa shape index (κ2) is 10.2. The molecule has 0 radical (unpaired) electrons. The number of carbonyl (C=O) groups excluding carboxylic acids is 1. The molecule has 216 valence electrons. The van der Waals surface area contributed by atoms with Gasteiger partial charge in [-0.3, -0.25) is 4.79 Å². The summed E-state index contributed by atoms with van der Waals surface area (Å²) in [6.45, 7) is 12.7. The van der Waals surface area contributed by atoms with Crippen molar-refractivity contribution >= 4 is 15.9 Å². The lowest BCUT2D eigenvalue weighted by atomic mass is 9.82. The molecule has 5 rings (SSSR count). The second-order valence-electron chi connectivity index (χ2n) is 11.3. The second-order valence-corrected chi connectivity index (χ2v) is 12.8. The van der Waals surface area contributed by atoms with Crippen LogP contribution in [-0.4, -0.2) is 38.1 Å². The maximum atomic E-state index is 13.8. The largest absolute Gasteiger partial charge is 0.489 e. The molecule has 9 heteroatoms. The molecule has 2 heterocycles. The van der Waals surface area contributed by atoms with Crippen LogP contribution < -0.4 is 18.4 Å². The fraction of sp³-hybridized carbons (Fsp3) is 0.344. The van der Waals surface area contributed by atoms with E-state index < -0.39 is 21.5 Å². The van der Waals surface area contributed by atoms with Crippen molar-refractivity contribution in [2.75, 3.05) is 13.2 Å². The van der Waals surface area contributed by atoms with Crippen LogP contribution in [0.15, 0.2) is 60.0 Å². The minimum absolute atomic E-state index is 0.0332. The number of rotatable bonds is 7. The highest BCUT2D eigenvalue weighted by atomic mass is 32.2. The minimum atomic E-state index is -4.19. The Morgan fingerprint density at radius 3 is 2.46 bits per heavy atom. The van der Waals surface area contributed by atoms with Crippen molar-refractivity contribution in [2.45, 2.75) is 63.6 Å². The molecule has 0 saturated carbocycles. The Morgan fingerprint density at radius 2 is 1.78 bits per heavy atom. The number of carbonyl (C=O) groups is 1. The van der Waals surface area contributed by atoms with Gasteiger partial charge in [0.25, 0.3) is 0 Å². The predicted octanol–water partition coefficient (Wildman–Crippen LogP) is 5.51. The van der Waals surface area contributed by atoms with Gasteiger partial charge in [-0.1, -0.05) is 30.4 Å². The van der Waals surface area contributed by atoms with Crippen LogP contribution in [0.4, 0.5) is 0 Å². The van der Waals surface area contributed by atoms with Gasteiger partial charge in [-0.25, -0.2) is 0 Å². The Labute approximate surface area is 240 Å². The lowest BCUT2D eigenvalue weighted by Gasteiger charge is -2.37. The molecule has 1 atom stereocenters. The van der Waals surface area contributed by atoms with E-state index in [4.69, 9.17) is 18.4 Å². The Hall–Kier alpha value is -3.82. The minimum Gasteiger partial charge on any atom is -0.489 e. The average Bonchev–Trinajstić information content (AvgIpc) is 2.87. The average molecular weight is 579 g/mol. The summed E-state index contributed by atoms with van der Waals surface area (Å²) in [6, 6.07) is 11.0. The highest BCUT2D eigenvalue weighted by Gasteiger charge is 2.47. The maximum absolute atomic E-state index is 13.8. The molecule has 0 spiro atoms. The van der Waals surface area contributed by atoms with Crippen molar-refractivity contribution < 1.29 is 36.7 Å². The number of benzene rings is 3. The third-order valence-corrected chi connectivity index (χ3v) is 9.00. The van der Waals surface area contributed by atoms with Gasteiger partial charge in [0.05, 0.1) is 5.56 Å². The molecule has 0 saturated heterocycles. The molecule has 0 aromatic heterocycles. The van der Waals surface area contributed by atoms with E-state index in [2.05, 4.69) is 6.58 Å². The molecule has 2 aliphatic rings. The molecule has 3 aromatic rings. The molecule has 3 aromatic carbocycles. The van der Waals surface area contributed by atoms with E-state index in [1.165, 1.54) is 24.3 Å². The summed E-state index contributed by atoms with van der Waals surface area (Å²) in [7, 11) is -4.19. The number of aliphatic hydroxyl groups is 1. The molecule has 2 aliphatic heterocycles. The van der Waals surface area contributed by atoms with E-state index in [9.17, 15) is 18.3 Å². The van der Waals surface area contributed by atoms with Gasteiger partial charge in [0, 0.05) is 17.2 Å². The number of hydrogen-bond acceptors (Lipinski definition) is 8. The Morgan fingerprint density at radius 1 is 1.07 bits per heavy atom. The standard InChI is InChI=1S/C32H34O8S/c1-7-14-37-27-17-22(40-41(35,36)29-20(3)15-19(2)16-21(29)4)8-10-25(27)32(34)18-38-28-23-12-13-31(5,6)39-26(23)11-9-24(28)30(32)33/h7-11,15-17,34H,1,12-14,18H2,2-6H3. The van der Waals surface area contributed by atoms with Crippen LogP contribution in [0.2, 0.25) is 0 Å². The van der Waals surface area contributed by atoms with Gasteiger partial charge in [0.1, 0.15) is 46.7 Å². The van der Waals surface area contributed by atoms with Crippen LogP contribution in [0.1, 0.15) is 58.4 Å². The molecule has 8 nitrogen and oxygen atoms in total. The van der Waals surface area contributed by atoms with Crippen LogP contribution in [0.5, 0.6) is 23.0 Å². The lowest BCUT2D eigenvalue weighted by Crippen LogP contribution is -2.45. The van der Waals surface area contributed by atoms with Crippen LogP contribution in [0.3, 0.4) is 0 Å². The van der Waals surface area contributed by atoms with Gasteiger partial charge in [-0.15, -0.1) is 0 Å². The van der Waals surface area contributed by atoms with Crippen molar-refractivity contribution in [1.82, 2.24) is 0 Å². The first kappa shape index (κ1) is 28.7. The highest BCUT2D eigenvalue weighted by Crippen LogP contribution is 2.46. The third-order valence-electron chi connectivity index (χ3n) is 7.44. The van der Waals surface area contributed by atoms with Crippen molar-refractivity contribution in [1.29, 1.82) is 0 Å². The van der Waals surface area contributed by atoms with E-state index >= 15 is 0 Å². The summed E-state index contributed by atoms with van der Waals surface area (Å²) in [4.78, 5) is 13.9. The smallest absolute Gasteiger partial charge is 0.339 e. The zero-order valence-corrected chi connectivity index (χ0v) is 24.7. The van der Waals surface area contributed by atoms with Crippen molar-refractivity contribution in [3.8, 4) is 23.0 Å². The van der Waals surface area contributed by atoms with Crippen molar-refractivity contribution in [2.24, 2.45) is 0 Å². The van der Waals surface area contributed by atoms with Crippen molar-refractivity contribution in [3.63, 3.8) is 0 Å². The monoisotopic (exact) mass is 578 g/mol. The van der Waals surface area contributed by atoms with Crippen molar-refractivity contribution in [3.05, 3.63) is 88.5 Å². The highest BCUT2D eigenvalue weighted by molar-refractivity contribution is 7.87. The number of aryl methyl sites for hydroxylation is 3. The van der Waals surface area contributed by atoms with E-state index in [0.717, 1.165) is 17.5 Å². The van der Waals surface area contributed by atoms with Gasteiger partial charge < -0.3 is 23.5 Å². The number of ether oxygens (including phenoxy) is 3. The van der Waals surface area contributed by atoms with E-state index in [-0.39, 0.29) is 46.3 Å². The predicted molar refractivity (Wildman–Crippen MR) is 154 cm³/mol. The molecular weight excluding hydrogens is 544 g/mol. The number of hydrogen-bond donors (Lipinski definition) is 1. The van der Waals surface area contributed by atoms with Crippen LogP contribution >= 0.6 is 0 Å². The summed E-state index contributed by atoms with van der Waals surface area (Å²) >= 11 is 0. The maximum Gasteiger partial charge on any atom is 0.339 e. The van der Waals surface area contributed by atoms with Gasteiger partial charge in [0.15, 0.2) is 5.60 Å². The Bertz CT molecular complexity index is 1650. The Kier molecular flexibility index (Phi) is 7.16. The first-order valence-corrected chi connectivity index (χ1v) is 14.8. The van der Waals surface area contributed by atoms with E-state index in [0.29, 0.717) is 29.0 Å². The van der Waals surface area contributed by atoms with Crippen LogP contribution in [0.25, 0.3) is 0 Å². The molecule has 0 bridgehead atoms. The van der Waals surface area contributed by atoms with Gasteiger partial charge in [-0.05, 0) is 82.9 Å². The summed E-state index contributed by atoms with van der Waals surface area (Å²) in [5, 5.41) is 11.8. The molecule has 0 fully saturated rings. The SMILES string of the molecule is C=CCOc1cc(OS(=O)(=O)c2c(C)cc(C)cc2C)ccc1C1(O)COc2c(ccc3c2CCC(C)(C)O3)C1=O. The van der Waals surface area contributed by atoms with Gasteiger partial charge in [0.2, 0.25) is 5.78 Å². The normalized spacial score (nSPS) is 19.3. The summed E-state index contributed by atoms with van der Waals surface area (Å²) in [6.07, 6.45) is 2.93. The summed E-state index contributed by atoms with van der Waals surface area (Å²) in [5.74, 6) is 0.559. The number of Topliss-reactive ketones (excluding diaryl/α,β-unsaturated/α-hetero) is 1. The Balaban J connectivity index is 1.51. The van der Waals surface area contributed by atoms with Crippen LogP contribution in [0, 0.1) is 20.8 Å². The first-order chi connectivity index (χ1) is 19.3. The summed E-state index contributed by atoms with van der Waals surface area (Å²) in [5.41, 5.74) is 0.819. The first-order valence-electron chi connectivity index (χ1n) is 13.4. The zero-order chi connectivity index (χ0) is 29.7. The molecule has 1 N–H and O–H groups in total. The van der Waals surface area contributed by atoms with Gasteiger partial charge >= 0.3 is 10.1 Å². The fourth-order valence-electron chi connectivity index (χ4n) is 5.62. The van der Waals surface area contributed by atoms with Gasteiger partial charge in [-0.2, -0.15) is 8.42 Å².